The number of hydrogen-bond donors (Lipinski definition) is 2. The van der Waals surface area contributed by atoms with E-state index < -0.39 is 30.5 Å². The molecule has 204 valence electrons. The Hall–Kier alpha value is -3.24. The molecule has 0 amide bonds. The molecule has 1 aliphatic heterocycles. The SMILES string of the molecule is C=CC[C@@H]1O[C@H](CC#CC(O)CCc2ccccc2)[C@@H](O)[C@H](OCc2ccccc2)[C@H]1OCc1ccccc1. The van der Waals surface area contributed by atoms with Gasteiger partial charge in [-0.3, -0.25) is 0 Å². The molecule has 0 bridgehead atoms. The standard InChI is InChI=1S/C34H38O5/c1-2-13-31-33(37-24-27-16-8-4-9-17-27)34(38-25-28-18-10-5-11-19-28)32(36)30(39-31)21-12-20-29(35)23-22-26-14-6-3-7-15-26/h2-11,14-19,29-36H,1,13,21-25H2/t29?,30-,31+,32-,33+,34+/m1/s1. The third-order valence-electron chi connectivity index (χ3n) is 6.85. The van der Waals surface area contributed by atoms with Crippen molar-refractivity contribution >= 4 is 0 Å². The number of benzene rings is 3. The molecule has 5 heteroatoms. The molecule has 1 unspecified atom stereocenters. The third kappa shape index (κ3) is 8.90. The Kier molecular flexibility index (Phi) is 11.3. The second-order valence-corrected chi connectivity index (χ2v) is 9.82. The van der Waals surface area contributed by atoms with Gasteiger partial charge in [0, 0.05) is 6.42 Å². The van der Waals surface area contributed by atoms with Gasteiger partial charge >= 0.3 is 0 Å². The highest BCUT2D eigenvalue weighted by Gasteiger charge is 2.46. The molecule has 0 radical (unpaired) electrons. The lowest BCUT2D eigenvalue weighted by molar-refractivity contribution is -0.250. The molecule has 0 aliphatic carbocycles. The minimum atomic E-state index is -0.952. The van der Waals surface area contributed by atoms with Gasteiger partial charge in [-0.15, -0.1) is 6.58 Å². The molecule has 1 heterocycles. The molecule has 5 nitrogen and oxygen atoms in total. The van der Waals surface area contributed by atoms with Gasteiger partial charge in [0.15, 0.2) is 0 Å². The van der Waals surface area contributed by atoms with E-state index in [2.05, 4.69) is 18.4 Å². The Morgan fingerprint density at radius 3 is 1.90 bits per heavy atom. The van der Waals surface area contributed by atoms with Crippen LogP contribution in [0.5, 0.6) is 0 Å². The molecule has 0 aromatic heterocycles. The minimum Gasteiger partial charge on any atom is -0.388 e. The fraction of sp³-hybridized carbons (Fsp3) is 0.353. The molecule has 3 aromatic carbocycles. The summed E-state index contributed by atoms with van der Waals surface area (Å²) in [5.41, 5.74) is 3.20. The molecular formula is C34H38O5. The van der Waals surface area contributed by atoms with Crippen LogP contribution in [0.4, 0.5) is 0 Å². The number of rotatable bonds is 12. The normalized spacial score (nSPS) is 23.4. The van der Waals surface area contributed by atoms with E-state index >= 15 is 0 Å². The van der Waals surface area contributed by atoms with E-state index in [0.29, 0.717) is 26.1 Å². The first-order valence-corrected chi connectivity index (χ1v) is 13.6. The summed E-state index contributed by atoms with van der Waals surface area (Å²) < 4.78 is 19.0. The summed E-state index contributed by atoms with van der Waals surface area (Å²) in [6.45, 7) is 4.61. The molecule has 1 saturated heterocycles. The van der Waals surface area contributed by atoms with Crippen molar-refractivity contribution in [3.05, 3.63) is 120 Å². The maximum atomic E-state index is 11.4. The fourth-order valence-corrected chi connectivity index (χ4v) is 4.75. The zero-order chi connectivity index (χ0) is 27.3. The lowest BCUT2D eigenvalue weighted by Gasteiger charge is -2.44. The lowest BCUT2D eigenvalue weighted by Crippen LogP contribution is -2.59. The summed E-state index contributed by atoms with van der Waals surface area (Å²) in [4.78, 5) is 0. The van der Waals surface area contributed by atoms with Crippen LogP contribution in [0.2, 0.25) is 0 Å². The summed E-state index contributed by atoms with van der Waals surface area (Å²) in [7, 11) is 0. The average Bonchev–Trinajstić information content (AvgIpc) is 2.98. The zero-order valence-electron chi connectivity index (χ0n) is 22.3. The Balaban J connectivity index is 1.44. The minimum absolute atomic E-state index is 0.272. The summed E-state index contributed by atoms with van der Waals surface area (Å²) in [5.74, 6) is 5.96. The van der Waals surface area contributed by atoms with Crippen LogP contribution in [0.1, 0.15) is 36.0 Å². The van der Waals surface area contributed by atoms with Gasteiger partial charge in [-0.05, 0) is 36.0 Å². The van der Waals surface area contributed by atoms with Crippen molar-refractivity contribution in [1.82, 2.24) is 0 Å². The maximum absolute atomic E-state index is 11.4. The topological polar surface area (TPSA) is 68.2 Å². The maximum Gasteiger partial charge on any atom is 0.115 e. The van der Waals surface area contributed by atoms with Crippen molar-refractivity contribution in [2.45, 2.75) is 75.5 Å². The highest BCUT2D eigenvalue weighted by molar-refractivity contribution is 5.17. The number of ether oxygens (including phenoxy) is 3. The van der Waals surface area contributed by atoms with E-state index in [0.717, 1.165) is 23.1 Å². The molecule has 0 saturated carbocycles. The number of aliphatic hydroxyl groups excluding tert-OH is 2. The molecule has 3 aromatic rings. The van der Waals surface area contributed by atoms with Crippen molar-refractivity contribution in [2.24, 2.45) is 0 Å². The smallest absolute Gasteiger partial charge is 0.115 e. The highest BCUT2D eigenvalue weighted by atomic mass is 16.6. The predicted molar refractivity (Wildman–Crippen MR) is 153 cm³/mol. The van der Waals surface area contributed by atoms with Crippen LogP contribution in [-0.4, -0.2) is 46.8 Å². The fourth-order valence-electron chi connectivity index (χ4n) is 4.75. The van der Waals surface area contributed by atoms with Crippen LogP contribution in [0.15, 0.2) is 104 Å². The molecule has 6 atom stereocenters. The zero-order valence-corrected chi connectivity index (χ0v) is 22.3. The van der Waals surface area contributed by atoms with Crippen LogP contribution in [0, 0.1) is 11.8 Å². The van der Waals surface area contributed by atoms with Crippen LogP contribution in [0.25, 0.3) is 0 Å². The van der Waals surface area contributed by atoms with Gasteiger partial charge < -0.3 is 24.4 Å². The van der Waals surface area contributed by atoms with Crippen LogP contribution >= 0.6 is 0 Å². The Bertz CT molecular complexity index is 1170. The summed E-state index contributed by atoms with van der Waals surface area (Å²) in [5, 5.41) is 21.8. The Morgan fingerprint density at radius 2 is 1.33 bits per heavy atom. The quantitative estimate of drug-likeness (QED) is 0.249. The van der Waals surface area contributed by atoms with Crippen molar-refractivity contribution in [1.29, 1.82) is 0 Å². The van der Waals surface area contributed by atoms with Gasteiger partial charge in [0.2, 0.25) is 0 Å². The van der Waals surface area contributed by atoms with Gasteiger partial charge in [0.25, 0.3) is 0 Å². The molecule has 4 rings (SSSR count). The van der Waals surface area contributed by atoms with E-state index in [-0.39, 0.29) is 12.5 Å². The molecule has 0 spiro atoms. The first kappa shape index (κ1) is 28.8. The largest absolute Gasteiger partial charge is 0.388 e. The van der Waals surface area contributed by atoms with Gasteiger partial charge in [-0.1, -0.05) is 109 Å². The van der Waals surface area contributed by atoms with Crippen molar-refractivity contribution < 1.29 is 24.4 Å². The predicted octanol–water partition coefficient (Wildman–Crippen LogP) is 5.25. The first-order chi connectivity index (χ1) is 19.1. The van der Waals surface area contributed by atoms with Gasteiger partial charge in [-0.2, -0.15) is 0 Å². The lowest BCUT2D eigenvalue weighted by atomic mass is 9.91. The van der Waals surface area contributed by atoms with Gasteiger partial charge in [-0.25, -0.2) is 0 Å². The monoisotopic (exact) mass is 526 g/mol. The average molecular weight is 527 g/mol. The van der Waals surface area contributed by atoms with E-state index in [1.807, 2.05) is 91.0 Å². The second kappa shape index (κ2) is 15.4. The molecular weight excluding hydrogens is 488 g/mol. The van der Waals surface area contributed by atoms with Crippen molar-refractivity contribution in [2.75, 3.05) is 0 Å². The Morgan fingerprint density at radius 1 is 0.795 bits per heavy atom. The molecule has 2 N–H and O–H groups in total. The first-order valence-electron chi connectivity index (χ1n) is 13.6. The Labute approximate surface area is 232 Å². The van der Waals surface area contributed by atoms with Gasteiger partial charge in [0.05, 0.1) is 25.4 Å². The third-order valence-corrected chi connectivity index (χ3v) is 6.85. The van der Waals surface area contributed by atoms with E-state index in [1.54, 1.807) is 6.08 Å². The van der Waals surface area contributed by atoms with Crippen LogP contribution in [0.3, 0.4) is 0 Å². The van der Waals surface area contributed by atoms with Crippen LogP contribution in [-0.2, 0) is 33.8 Å². The van der Waals surface area contributed by atoms with E-state index in [1.165, 1.54) is 0 Å². The van der Waals surface area contributed by atoms with Crippen molar-refractivity contribution in [3.63, 3.8) is 0 Å². The van der Waals surface area contributed by atoms with Crippen LogP contribution < -0.4 is 0 Å². The molecule has 1 aliphatic rings. The summed E-state index contributed by atoms with van der Waals surface area (Å²) >= 11 is 0. The molecule has 39 heavy (non-hydrogen) atoms. The van der Waals surface area contributed by atoms with E-state index in [9.17, 15) is 10.2 Å². The highest BCUT2D eigenvalue weighted by Crippen LogP contribution is 2.30. The second-order valence-electron chi connectivity index (χ2n) is 9.82. The molecule has 1 fully saturated rings. The summed E-state index contributed by atoms with van der Waals surface area (Å²) in [6, 6.07) is 29.8. The van der Waals surface area contributed by atoms with Gasteiger partial charge in [0.1, 0.15) is 24.4 Å². The van der Waals surface area contributed by atoms with E-state index in [4.69, 9.17) is 14.2 Å². The van der Waals surface area contributed by atoms with Crippen molar-refractivity contribution in [3.8, 4) is 11.8 Å². The summed E-state index contributed by atoms with van der Waals surface area (Å²) in [6.07, 6.45) is 0.142. The number of aryl methyl sites for hydroxylation is 1. The number of hydrogen-bond acceptors (Lipinski definition) is 5. The number of aliphatic hydroxyl groups is 2.